The van der Waals surface area contributed by atoms with Crippen molar-refractivity contribution in [2.24, 2.45) is 0 Å². The Bertz CT molecular complexity index is 2450. The zero-order valence-corrected chi connectivity index (χ0v) is 57.4. The second-order valence-electron chi connectivity index (χ2n) is 18.2. The number of hydrogen-bond acceptors (Lipinski definition) is 2. The molecule has 8 aromatic rings. The molecule has 2 nitrogen and oxygen atoms in total. The molecule has 25 heteroatoms. The summed E-state index contributed by atoms with van der Waals surface area (Å²) in [6, 6.07) is 89.7. The normalized spacial score (nSPS) is 12.8. The van der Waals surface area contributed by atoms with E-state index in [0.717, 1.165) is 13.1 Å². The van der Waals surface area contributed by atoms with Crippen LogP contribution in [0.2, 0.25) is 0 Å². The van der Waals surface area contributed by atoms with Crippen molar-refractivity contribution < 1.29 is 71.4 Å². The Morgan fingerprint density at radius 3 is 0.494 bits per heavy atom. The molecule has 0 unspecified atom stereocenters. The van der Waals surface area contributed by atoms with Crippen LogP contribution in [-0.2, 0) is 21.1 Å². The van der Waals surface area contributed by atoms with E-state index in [1.807, 2.05) is 0 Å². The molecule has 85 heavy (non-hydrogen) atoms. The van der Waals surface area contributed by atoms with Gasteiger partial charge in [-0.1, -0.05) is 194 Å². The number of rotatable bonds is 20. The molecule has 0 aliphatic rings. The zero-order valence-electron chi connectivity index (χ0n) is 46.3. The SMILES string of the molecule is CCCCCN([PH+](c1ccccc1)c1ccccc1)[PH+](c1ccccc1)c1ccccc1.CCCCCN([PH+](c1ccccc1)c1ccccc1)[PH+](c1ccccc1)c1ccccc1.ClCCl.ClCCl.F[P-](F)(F)(F)(F)F.F[P-](F)(F)(F)(F)F.[Pt+2]. The molecule has 8 aromatic carbocycles. The summed E-state index contributed by atoms with van der Waals surface area (Å²) < 4.78 is 124. The Hall–Kier alpha value is -2.73. The van der Waals surface area contributed by atoms with Crippen molar-refractivity contribution in [3.8, 4) is 0 Å². The zero-order chi connectivity index (χ0) is 62.3. The Labute approximate surface area is 532 Å². The van der Waals surface area contributed by atoms with Crippen molar-refractivity contribution >= 4 is 137 Å². The van der Waals surface area contributed by atoms with Gasteiger partial charge in [0.1, 0.15) is 42.4 Å². The predicted octanol–water partition coefficient (Wildman–Crippen LogP) is 21.7. The third-order valence-electron chi connectivity index (χ3n) is 11.4. The minimum Gasteiger partial charge on any atom is 2.00 e. The minimum atomic E-state index is -10.7. The first kappa shape index (κ1) is 78.4. The maximum absolute atomic E-state index is 10.7. The standard InChI is InChI=1S/2C29H31NP2.2CH2Cl2.2F6P.Pt/c2*1-2-3-16-25-30(31(26-17-8-4-9-18-26)27-19-10-5-11-20-27)32(28-21-12-6-13-22-28)29-23-14-7-15-24-29;2*2-1-3;2*1-7(2,3,4,5)6;/h2*4-15,17-24H,2-3,16,25H2,1H3;2*1H2;;;/q;;;;2*-1;+2/p+4. The third-order valence-corrected chi connectivity index (χ3v) is 24.2. The summed E-state index contributed by atoms with van der Waals surface area (Å²) in [5.74, 6) is 0. The maximum atomic E-state index is 9.87. The fourth-order valence-corrected chi connectivity index (χ4v) is 22.7. The molecule has 8 rings (SSSR count). The molecule has 0 amide bonds. The van der Waals surface area contributed by atoms with Gasteiger partial charge in [0.05, 0.1) is 23.8 Å². The van der Waals surface area contributed by atoms with Crippen LogP contribution in [0.5, 0.6) is 0 Å². The van der Waals surface area contributed by atoms with E-state index in [-0.39, 0.29) is 31.7 Å². The van der Waals surface area contributed by atoms with Gasteiger partial charge in [-0.05, 0) is 110 Å². The number of benzene rings is 8. The fraction of sp³-hybridized carbons (Fsp3) is 0.200. The van der Waals surface area contributed by atoms with Crippen LogP contribution in [0.3, 0.4) is 0 Å². The summed E-state index contributed by atoms with van der Waals surface area (Å²) in [5.41, 5.74) is 0. The maximum Gasteiger partial charge on any atom is 2.00 e. The van der Waals surface area contributed by atoms with Crippen LogP contribution in [0, 0.1) is 0 Å². The molecule has 0 N–H and O–H groups in total. The predicted molar refractivity (Wildman–Crippen MR) is 355 cm³/mol. The van der Waals surface area contributed by atoms with Gasteiger partial charge in [0, 0.05) is 0 Å². The summed E-state index contributed by atoms with van der Waals surface area (Å²) in [6.45, 7) is 6.85. The second kappa shape index (κ2) is 36.8. The second-order valence-corrected chi connectivity index (χ2v) is 34.1. The molecular weight excluding hydrogens is 1500 g/mol. The van der Waals surface area contributed by atoms with Gasteiger partial charge in [0.2, 0.25) is 0 Å². The van der Waals surface area contributed by atoms with E-state index in [4.69, 9.17) is 46.4 Å². The number of halogens is 16. The van der Waals surface area contributed by atoms with E-state index in [1.165, 1.54) is 81.0 Å². The molecule has 0 bridgehead atoms. The van der Waals surface area contributed by atoms with Crippen molar-refractivity contribution in [3.05, 3.63) is 243 Å². The van der Waals surface area contributed by atoms with E-state index in [0.29, 0.717) is 0 Å². The quantitative estimate of drug-likeness (QED) is 0.0325. The van der Waals surface area contributed by atoms with E-state index in [9.17, 15) is 50.4 Å². The minimum absolute atomic E-state index is 0. The average molecular weight is 1570 g/mol. The monoisotopic (exact) mass is 1570 g/mol. The topological polar surface area (TPSA) is 6.48 Å². The van der Waals surface area contributed by atoms with Gasteiger partial charge in [-0.3, -0.25) is 0 Å². The molecule has 0 aromatic heterocycles. The molecular formula is C60H70Cl4F12N2P6Pt+4. The van der Waals surface area contributed by atoms with Gasteiger partial charge >= 0.3 is 87.0 Å². The van der Waals surface area contributed by atoms with Crippen molar-refractivity contribution in [2.45, 2.75) is 52.4 Å². The number of nitrogens with zero attached hydrogens (tertiary/aromatic N) is 2. The summed E-state index contributed by atoms with van der Waals surface area (Å²) in [6.07, 6.45) is 7.49. The summed E-state index contributed by atoms with van der Waals surface area (Å²) >= 11 is 19.1. The van der Waals surface area contributed by atoms with Crippen LogP contribution in [-0.4, -0.2) is 32.6 Å². The average Bonchev–Trinajstić information content (AvgIpc) is 3.50. The molecule has 0 heterocycles. The number of hydrogen-bond donors (Lipinski definition) is 0. The Morgan fingerprint density at radius 1 is 0.271 bits per heavy atom. The molecule has 0 radical (unpaired) electrons. The van der Waals surface area contributed by atoms with Crippen LogP contribution in [0.25, 0.3) is 0 Å². The summed E-state index contributed by atoms with van der Waals surface area (Å²) in [5, 5.41) is 12.1. The third kappa shape index (κ3) is 35.9. The number of unbranched alkanes of at least 4 members (excludes halogenated alkanes) is 4. The number of alkyl halides is 4. The van der Waals surface area contributed by atoms with Crippen molar-refractivity contribution in [3.63, 3.8) is 0 Å². The fourth-order valence-electron chi connectivity index (χ4n) is 8.39. The van der Waals surface area contributed by atoms with Crippen molar-refractivity contribution in [1.29, 1.82) is 0 Å². The Morgan fingerprint density at radius 2 is 0.388 bits per heavy atom. The van der Waals surface area contributed by atoms with Crippen LogP contribution in [0.1, 0.15) is 52.4 Å². The smallest absolute Gasteiger partial charge is 2.00 e. The van der Waals surface area contributed by atoms with Gasteiger partial charge in [-0.2, -0.15) is 0 Å². The first-order chi connectivity index (χ1) is 39.5. The molecule has 0 aliphatic heterocycles. The molecule has 0 saturated heterocycles. The first-order valence-corrected chi connectivity index (χ1v) is 38.3. The van der Waals surface area contributed by atoms with E-state index < -0.39 is 47.9 Å². The van der Waals surface area contributed by atoms with Crippen LogP contribution >= 0.6 is 94.3 Å². The van der Waals surface area contributed by atoms with Crippen LogP contribution < -0.4 is 42.4 Å². The van der Waals surface area contributed by atoms with Crippen LogP contribution in [0.4, 0.5) is 50.4 Å². The Balaban J connectivity index is 0.000000437. The van der Waals surface area contributed by atoms with Crippen LogP contribution in [0.15, 0.2) is 243 Å². The summed E-state index contributed by atoms with van der Waals surface area (Å²) in [4.78, 5) is 0. The molecule has 0 atom stereocenters. The van der Waals surface area contributed by atoms with Gasteiger partial charge in [0.15, 0.2) is 32.3 Å². The summed E-state index contributed by atoms with van der Waals surface area (Å²) in [7, 11) is -25.8. The van der Waals surface area contributed by atoms with Gasteiger partial charge in [0.25, 0.3) is 0 Å². The van der Waals surface area contributed by atoms with E-state index in [1.54, 1.807) is 0 Å². The van der Waals surface area contributed by atoms with Crippen molar-refractivity contribution in [2.75, 3.05) is 23.8 Å². The molecule has 0 spiro atoms. The van der Waals surface area contributed by atoms with Gasteiger partial charge < -0.3 is 0 Å². The molecule has 0 fully saturated rings. The molecule has 468 valence electrons. The Kier molecular flexibility index (Phi) is 33.9. The largest absolute Gasteiger partial charge is 2.00 e. The van der Waals surface area contributed by atoms with E-state index >= 15 is 0 Å². The molecule has 0 aliphatic carbocycles. The first-order valence-electron chi connectivity index (χ1n) is 26.3. The molecule has 0 saturated carbocycles. The van der Waals surface area contributed by atoms with E-state index in [2.05, 4.69) is 265 Å². The van der Waals surface area contributed by atoms with Gasteiger partial charge in [-0.15, -0.1) is 46.4 Å². The van der Waals surface area contributed by atoms with Crippen molar-refractivity contribution in [1.82, 2.24) is 8.88 Å². The van der Waals surface area contributed by atoms with Gasteiger partial charge in [-0.25, -0.2) is 0 Å².